The van der Waals surface area contributed by atoms with E-state index < -0.39 is 5.60 Å². The molecule has 2 atom stereocenters. The first-order chi connectivity index (χ1) is 8.57. The van der Waals surface area contributed by atoms with Gasteiger partial charge in [-0.25, -0.2) is 0 Å². The Kier molecular flexibility index (Phi) is 4.44. The van der Waals surface area contributed by atoms with Gasteiger partial charge >= 0.3 is 0 Å². The number of carbonyl (C=O) groups excluding carboxylic acids is 1. The zero-order chi connectivity index (χ0) is 13.2. The van der Waals surface area contributed by atoms with Crippen molar-refractivity contribution >= 4 is 5.78 Å². The van der Waals surface area contributed by atoms with Gasteiger partial charge in [0.1, 0.15) is 5.60 Å². The maximum absolute atomic E-state index is 12.8. The monoisotopic (exact) mass is 254 g/mol. The minimum Gasteiger partial charge on any atom is -0.381 e. The van der Waals surface area contributed by atoms with Gasteiger partial charge in [-0.15, -0.1) is 0 Å². The van der Waals surface area contributed by atoms with Crippen molar-refractivity contribution in [3.8, 4) is 0 Å². The van der Waals surface area contributed by atoms with E-state index in [1.165, 1.54) is 6.42 Å². The first kappa shape index (κ1) is 14.0. The number of ketones is 1. The summed E-state index contributed by atoms with van der Waals surface area (Å²) in [4.78, 5) is 12.8. The molecule has 0 bridgehead atoms. The van der Waals surface area contributed by atoms with Crippen LogP contribution in [0.2, 0.25) is 0 Å². The summed E-state index contributed by atoms with van der Waals surface area (Å²) in [6.07, 6.45) is 4.78. The maximum atomic E-state index is 12.8. The van der Waals surface area contributed by atoms with Crippen LogP contribution in [0.1, 0.15) is 46.0 Å². The molecule has 0 aromatic heterocycles. The largest absolute Gasteiger partial charge is 0.381 e. The summed E-state index contributed by atoms with van der Waals surface area (Å²) in [5, 5.41) is 0. The number of rotatable bonds is 3. The van der Waals surface area contributed by atoms with Crippen molar-refractivity contribution in [2.24, 2.45) is 17.8 Å². The van der Waals surface area contributed by atoms with E-state index in [1.807, 2.05) is 0 Å². The molecule has 2 unspecified atom stereocenters. The van der Waals surface area contributed by atoms with E-state index in [0.29, 0.717) is 30.8 Å². The van der Waals surface area contributed by atoms with E-state index >= 15 is 0 Å². The Morgan fingerprint density at radius 2 is 1.67 bits per heavy atom. The number of hydrogen-bond donors (Lipinski definition) is 0. The minimum absolute atomic E-state index is 0.196. The third-order valence-electron chi connectivity index (χ3n) is 4.69. The standard InChI is InChI=1S/C15H26O3/c1-11-8-12(2)10-13(9-11)14(16)15(17-3)4-6-18-7-5-15/h11-13H,4-10H2,1-3H3. The van der Waals surface area contributed by atoms with E-state index in [0.717, 1.165) is 25.7 Å². The summed E-state index contributed by atoms with van der Waals surface area (Å²) in [6.45, 7) is 5.83. The van der Waals surface area contributed by atoms with Gasteiger partial charge < -0.3 is 9.47 Å². The van der Waals surface area contributed by atoms with Gasteiger partial charge in [0, 0.05) is 39.1 Å². The quantitative estimate of drug-likeness (QED) is 0.777. The molecule has 18 heavy (non-hydrogen) atoms. The molecule has 104 valence electrons. The lowest BCUT2D eigenvalue weighted by atomic mass is 9.70. The van der Waals surface area contributed by atoms with Gasteiger partial charge in [0.15, 0.2) is 5.78 Å². The van der Waals surface area contributed by atoms with Crippen molar-refractivity contribution in [3.05, 3.63) is 0 Å². The Bertz CT molecular complexity index is 284. The third kappa shape index (κ3) is 2.77. The number of hydrogen-bond acceptors (Lipinski definition) is 3. The molecule has 0 aromatic carbocycles. The van der Waals surface area contributed by atoms with Crippen LogP contribution >= 0.6 is 0 Å². The topological polar surface area (TPSA) is 35.5 Å². The fourth-order valence-corrected chi connectivity index (χ4v) is 3.79. The fraction of sp³-hybridized carbons (Fsp3) is 0.933. The molecule has 2 fully saturated rings. The second kappa shape index (κ2) is 5.70. The summed E-state index contributed by atoms with van der Waals surface area (Å²) >= 11 is 0. The molecule has 0 spiro atoms. The fourth-order valence-electron chi connectivity index (χ4n) is 3.79. The molecule has 1 saturated carbocycles. The Labute approximate surface area is 110 Å². The molecule has 1 aliphatic heterocycles. The summed E-state index contributed by atoms with van der Waals surface area (Å²) in [6, 6.07) is 0. The van der Waals surface area contributed by atoms with Crippen molar-refractivity contribution in [2.45, 2.75) is 51.6 Å². The van der Waals surface area contributed by atoms with Crippen molar-refractivity contribution in [2.75, 3.05) is 20.3 Å². The van der Waals surface area contributed by atoms with Gasteiger partial charge in [0.2, 0.25) is 0 Å². The summed E-state index contributed by atoms with van der Waals surface area (Å²) in [5.74, 6) is 1.86. The highest BCUT2D eigenvalue weighted by Crippen LogP contribution is 2.38. The molecule has 3 heteroatoms. The highest BCUT2D eigenvalue weighted by atomic mass is 16.5. The SMILES string of the molecule is COC1(C(=O)C2CC(C)CC(C)C2)CCOCC1. The molecule has 3 nitrogen and oxygen atoms in total. The van der Waals surface area contributed by atoms with Crippen molar-refractivity contribution < 1.29 is 14.3 Å². The van der Waals surface area contributed by atoms with Gasteiger partial charge in [-0.05, 0) is 31.1 Å². The van der Waals surface area contributed by atoms with Gasteiger partial charge in [0.05, 0.1) is 0 Å². The lowest BCUT2D eigenvalue weighted by molar-refractivity contribution is -0.158. The third-order valence-corrected chi connectivity index (χ3v) is 4.69. The highest BCUT2D eigenvalue weighted by molar-refractivity contribution is 5.89. The Balaban J connectivity index is 2.08. The maximum Gasteiger partial charge on any atom is 0.167 e. The molecule has 1 heterocycles. The molecule has 0 N–H and O–H groups in total. The Morgan fingerprint density at radius 3 is 2.17 bits per heavy atom. The van der Waals surface area contributed by atoms with Crippen LogP contribution in [0.4, 0.5) is 0 Å². The van der Waals surface area contributed by atoms with Crippen molar-refractivity contribution in [1.82, 2.24) is 0 Å². The zero-order valence-corrected chi connectivity index (χ0v) is 11.9. The van der Waals surface area contributed by atoms with E-state index in [2.05, 4.69) is 13.8 Å². The van der Waals surface area contributed by atoms with Gasteiger partial charge in [0.25, 0.3) is 0 Å². The van der Waals surface area contributed by atoms with E-state index in [4.69, 9.17) is 9.47 Å². The molecule has 2 aliphatic rings. The molecule has 2 rings (SSSR count). The van der Waals surface area contributed by atoms with Crippen molar-refractivity contribution in [3.63, 3.8) is 0 Å². The van der Waals surface area contributed by atoms with Gasteiger partial charge in [-0.3, -0.25) is 4.79 Å². The Morgan fingerprint density at radius 1 is 1.11 bits per heavy atom. The smallest absolute Gasteiger partial charge is 0.167 e. The summed E-state index contributed by atoms with van der Waals surface area (Å²) in [5.41, 5.74) is -0.556. The molecule has 0 aromatic rings. The van der Waals surface area contributed by atoms with Gasteiger partial charge in [-0.1, -0.05) is 13.8 Å². The second-order valence-corrected chi connectivity index (χ2v) is 6.29. The Hall–Kier alpha value is -0.410. The lowest BCUT2D eigenvalue weighted by Gasteiger charge is -2.40. The minimum atomic E-state index is -0.556. The van der Waals surface area contributed by atoms with Crippen LogP contribution in [-0.4, -0.2) is 31.7 Å². The van der Waals surface area contributed by atoms with E-state index in [-0.39, 0.29) is 5.92 Å². The molecule has 0 amide bonds. The molecule has 1 saturated heterocycles. The van der Waals surface area contributed by atoms with Crippen LogP contribution in [0.5, 0.6) is 0 Å². The number of Topliss-reactive ketones (excluding diaryl/α,β-unsaturated/α-hetero) is 1. The zero-order valence-electron chi connectivity index (χ0n) is 11.9. The molecular formula is C15H26O3. The van der Waals surface area contributed by atoms with E-state index in [1.54, 1.807) is 7.11 Å². The summed E-state index contributed by atoms with van der Waals surface area (Å²) < 4.78 is 11.0. The second-order valence-electron chi connectivity index (χ2n) is 6.29. The molecule has 0 radical (unpaired) electrons. The summed E-state index contributed by atoms with van der Waals surface area (Å²) in [7, 11) is 1.68. The lowest BCUT2D eigenvalue weighted by Crippen LogP contribution is -2.49. The molecular weight excluding hydrogens is 228 g/mol. The number of methoxy groups -OCH3 is 1. The van der Waals surface area contributed by atoms with Crippen LogP contribution in [-0.2, 0) is 14.3 Å². The van der Waals surface area contributed by atoms with Crippen LogP contribution in [0.3, 0.4) is 0 Å². The number of carbonyl (C=O) groups is 1. The first-order valence-corrected chi connectivity index (χ1v) is 7.24. The predicted octanol–water partition coefficient (Wildman–Crippen LogP) is 2.82. The highest BCUT2D eigenvalue weighted by Gasteiger charge is 2.44. The predicted molar refractivity (Wildman–Crippen MR) is 70.5 cm³/mol. The van der Waals surface area contributed by atoms with Crippen LogP contribution in [0, 0.1) is 17.8 Å². The normalized spacial score (nSPS) is 36.3. The number of ether oxygens (including phenoxy) is 2. The van der Waals surface area contributed by atoms with Gasteiger partial charge in [-0.2, -0.15) is 0 Å². The van der Waals surface area contributed by atoms with Crippen LogP contribution < -0.4 is 0 Å². The van der Waals surface area contributed by atoms with Crippen LogP contribution in [0.25, 0.3) is 0 Å². The first-order valence-electron chi connectivity index (χ1n) is 7.24. The van der Waals surface area contributed by atoms with E-state index in [9.17, 15) is 4.79 Å². The van der Waals surface area contributed by atoms with Crippen LogP contribution in [0.15, 0.2) is 0 Å². The average Bonchev–Trinajstić information content (AvgIpc) is 2.37. The average molecular weight is 254 g/mol. The molecule has 1 aliphatic carbocycles. The van der Waals surface area contributed by atoms with Crippen molar-refractivity contribution in [1.29, 1.82) is 0 Å².